The molecule has 0 amide bonds. The maximum atomic E-state index is 13.4. The van der Waals surface area contributed by atoms with Gasteiger partial charge in [0.15, 0.2) is 5.78 Å². The number of hydrogen-bond donors (Lipinski definition) is 0. The zero-order chi connectivity index (χ0) is 32.4. The van der Waals surface area contributed by atoms with Crippen molar-refractivity contribution >= 4 is 23.4 Å². The zero-order valence-corrected chi connectivity index (χ0v) is 25.2. The molecule has 1 atom stereocenters. The number of rotatable bonds is 9. The van der Waals surface area contributed by atoms with Gasteiger partial charge in [-0.2, -0.15) is 13.2 Å². The van der Waals surface area contributed by atoms with Crippen molar-refractivity contribution in [1.82, 2.24) is 14.8 Å². The number of alkyl halides is 3. The van der Waals surface area contributed by atoms with E-state index < -0.39 is 41.1 Å². The molecule has 1 unspecified atom stereocenters. The molecule has 44 heavy (non-hydrogen) atoms. The lowest BCUT2D eigenvalue weighted by Crippen LogP contribution is -2.30. The Kier molecular flexibility index (Phi) is 9.33. The van der Waals surface area contributed by atoms with Gasteiger partial charge in [0.2, 0.25) is 5.89 Å². The first-order valence-electron chi connectivity index (χ1n) is 13.5. The van der Waals surface area contributed by atoms with Crippen LogP contribution in [0.25, 0.3) is 22.6 Å². The van der Waals surface area contributed by atoms with E-state index in [9.17, 15) is 27.6 Å². The Morgan fingerprint density at radius 2 is 1.68 bits per heavy atom. The Balaban J connectivity index is 1.66. The van der Waals surface area contributed by atoms with Gasteiger partial charge in [-0.1, -0.05) is 30.7 Å². The number of ketones is 1. The molecular weight excluding hydrogens is 603 g/mol. The smallest absolute Gasteiger partial charge is 0.470 e. The molecule has 2 heterocycles. The van der Waals surface area contributed by atoms with Gasteiger partial charge in [-0.25, -0.2) is 4.79 Å². The van der Waals surface area contributed by atoms with E-state index in [1.807, 2.05) is 0 Å². The van der Waals surface area contributed by atoms with Crippen LogP contribution in [-0.2, 0) is 22.1 Å². The average Bonchev–Trinajstić information content (AvgIpc) is 3.44. The van der Waals surface area contributed by atoms with Crippen molar-refractivity contribution in [2.45, 2.75) is 58.4 Å². The topological polar surface area (TPSA) is 114 Å². The number of nitrogens with zero attached hydrogens (tertiary/aromatic N) is 3. The fraction of sp³-hybridized carbons (Fsp3) is 0.323. The van der Waals surface area contributed by atoms with E-state index in [2.05, 4.69) is 10.2 Å². The largest absolute Gasteiger partial charge is 0.495 e. The van der Waals surface area contributed by atoms with Gasteiger partial charge < -0.3 is 18.5 Å². The number of carbonyl (C=O) groups excluding carboxylic acids is 2. The van der Waals surface area contributed by atoms with Crippen LogP contribution in [0.1, 0.15) is 62.0 Å². The number of halogens is 4. The Bertz CT molecular complexity index is 1740. The quantitative estimate of drug-likeness (QED) is 0.182. The van der Waals surface area contributed by atoms with Crippen LogP contribution in [-0.4, -0.2) is 39.2 Å². The molecule has 0 fully saturated rings. The van der Waals surface area contributed by atoms with Gasteiger partial charge in [0, 0.05) is 28.6 Å². The van der Waals surface area contributed by atoms with Gasteiger partial charge in [-0.3, -0.25) is 9.59 Å². The van der Waals surface area contributed by atoms with Crippen LogP contribution in [0.3, 0.4) is 0 Å². The van der Waals surface area contributed by atoms with E-state index in [4.69, 9.17) is 25.5 Å². The van der Waals surface area contributed by atoms with Crippen molar-refractivity contribution in [3.8, 4) is 28.3 Å². The van der Waals surface area contributed by atoms with Crippen molar-refractivity contribution in [2.75, 3.05) is 7.11 Å². The predicted molar refractivity (Wildman–Crippen MR) is 156 cm³/mol. The van der Waals surface area contributed by atoms with Crippen molar-refractivity contribution in [2.24, 2.45) is 0 Å². The van der Waals surface area contributed by atoms with Gasteiger partial charge in [0.1, 0.15) is 11.4 Å². The van der Waals surface area contributed by atoms with E-state index in [0.717, 1.165) is 0 Å². The number of methoxy groups -OCH3 is 1. The Labute approximate surface area is 255 Å². The molecule has 232 valence electrons. The van der Waals surface area contributed by atoms with Crippen LogP contribution in [0.15, 0.2) is 63.9 Å². The van der Waals surface area contributed by atoms with Crippen LogP contribution in [0.2, 0.25) is 5.02 Å². The molecule has 0 aliphatic rings. The summed E-state index contributed by atoms with van der Waals surface area (Å²) in [4.78, 5) is 39.1. The predicted octanol–water partition coefficient (Wildman–Crippen LogP) is 6.96. The molecule has 0 saturated carbocycles. The minimum atomic E-state index is -4.85. The highest BCUT2D eigenvalue weighted by molar-refractivity contribution is 6.31. The summed E-state index contributed by atoms with van der Waals surface area (Å²) in [5.41, 5.74) is 0.258. The van der Waals surface area contributed by atoms with E-state index in [1.54, 1.807) is 52.0 Å². The number of carbonyl (C=O) groups is 2. The SMILES string of the molecule is CCC(C(=O)Cc1ccc(C(=O)OC(C)(C)C)cc1)n1cc(OC)c(-c2cc(Cl)ccc2-c2nnc(C(F)(F)F)o2)cc1=O. The summed E-state index contributed by atoms with van der Waals surface area (Å²) in [5, 5.41) is 6.83. The van der Waals surface area contributed by atoms with E-state index in [-0.39, 0.29) is 46.1 Å². The van der Waals surface area contributed by atoms with E-state index in [0.29, 0.717) is 11.1 Å². The van der Waals surface area contributed by atoms with Crippen LogP contribution in [0.5, 0.6) is 5.75 Å². The van der Waals surface area contributed by atoms with Crippen molar-refractivity contribution < 1.29 is 36.7 Å². The molecule has 0 aliphatic heterocycles. The summed E-state index contributed by atoms with van der Waals surface area (Å²) >= 11 is 6.20. The fourth-order valence-electron chi connectivity index (χ4n) is 4.51. The number of benzene rings is 2. The zero-order valence-electron chi connectivity index (χ0n) is 24.5. The number of esters is 1. The van der Waals surface area contributed by atoms with E-state index in [1.165, 1.54) is 42.1 Å². The second-order valence-electron chi connectivity index (χ2n) is 10.9. The fourth-order valence-corrected chi connectivity index (χ4v) is 4.68. The third kappa shape index (κ3) is 7.36. The number of Topliss-reactive ketones (excluding diaryl/α,β-unsaturated/α-hetero) is 1. The third-order valence-electron chi connectivity index (χ3n) is 6.49. The van der Waals surface area contributed by atoms with Crippen LogP contribution < -0.4 is 10.3 Å². The molecule has 4 rings (SSSR count). The van der Waals surface area contributed by atoms with Crippen molar-refractivity contribution in [3.63, 3.8) is 0 Å². The molecule has 2 aromatic carbocycles. The molecular formula is C31H29ClF3N3O6. The number of ether oxygens (including phenoxy) is 2. The first-order valence-corrected chi connectivity index (χ1v) is 13.8. The normalized spacial score (nSPS) is 12.6. The maximum Gasteiger partial charge on any atom is 0.470 e. The summed E-state index contributed by atoms with van der Waals surface area (Å²) in [6.45, 7) is 7.05. The van der Waals surface area contributed by atoms with Crippen LogP contribution in [0, 0.1) is 0 Å². The summed E-state index contributed by atoms with van der Waals surface area (Å²) in [6, 6.07) is 11.0. The van der Waals surface area contributed by atoms with Gasteiger partial charge in [-0.05, 0) is 68.7 Å². The summed E-state index contributed by atoms with van der Waals surface area (Å²) < 4.78 is 56.4. The second-order valence-corrected chi connectivity index (χ2v) is 11.3. The molecule has 13 heteroatoms. The maximum absolute atomic E-state index is 13.4. The molecule has 0 radical (unpaired) electrons. The van der Waals surface area contributed by atoms with Crippen molar-refractivity contribution in [1.29, 1.82) is 0 Å². The highest BCUT2D eigenvalue weighted by Crippen LogP contribution is 2.39. The highest BCUT2D eigenvalue weighted by atomic mass is 35.5. The van der Waals surface area contributed by atoms with Crippen LogP contribution in [0.4, 0.5) is 13.2 Å². The molecule has 0 bridgehead atoms. The lowest BCUT2D eigenvalue weighted by atomic mass is 9.98. The lowest BCUT2D eigenvalue weighted by Gasteiger charge is -2.20. The lowest BCUT2D eigenvalue weighted by molar-refractivity contribution is -0.157. The average molecular weight is 632 g/mol. The second kappa shape index (κ2) is 12.7. The Hall–Kier alpha value is -4.45. The Morgan fingerprint density at radius 3 is 2.25 bits per heavy atom. The van der Waals surface area contributed by atoms with Gasteiger partial charge in [-0.15, -0.1) is 10.2 Å². The summed E-state index contributed by atoms with van der Waals surface area (Å²) in [7, 11) is 1.35. The van der Waals surface area contributed by atoms with E-state index >= 15 is 0 Å². The first kappa shape index (κ1) is 32.5. The standard InChI is InChI=1S/C31H29ClF3N3O6/c1-6-23(24(39)13-17-7-9-18(10-8-17)28(41)44-30(2,3)4)38-16-25(42-5)22(15-26(38)40)21-14-19(32)11-12-20(21)27-36-37-29(43-27)31(33,34)35/h7-12,14-16,23H,6,13H2,1-5H3. The summed E-state index contributed by atoms with van der Waals surface area (Å²) in [6.07, 6.45) is -3.21. The third-order valence-corrected chi connectivity index (χ3v) is 6.73. The molecule has 9 nitrogen and oxygen atoms in total. The monoisotopic (exact) mass is 631 g/mol. The number of pyridine rings is 1. The molecule has 2 aromatic heterocycles. The van der Waals surface area contributed by atoms with Gasteiger partial charge in [0.25, 0.3) is 5.56 Å². The highest BCUT2D eigenvalue weighted by Gasteiger charge is 2.38. The van der Waals surface area contributed by atoms with Gasteiger partial charge in [0.05, 0.1) is 24.9 Å². The van der Waals surface area contributed by atoms with Gasteiger partial charge >= 0.3 is 18.0 Å². The first-order chi connectivity index (χ1) is 20.6. The van der Waals surface area contributed by atoms with Crippen LogP contribution >= 0.6 is 11.6 Å². The Morgan fingerprint density at radius 1 is 1.00 bits per heavy atom. The molecule has 0 saturated heterocycles. The molecule has 4 aromatic rings. The number of hydrogen-bond acceptors (Lipinski definition) is 8. The minimum absolute atomic E-state index is 0.0131. The summed E-state index contributed by atoms with van der Waals surface area (Å²) in [5.74, 6) is -2.56. The molecule has 0 N–H and O–H groups in total. The minimum Gasteiger partial charge on any atom is -0.495 e. The van der Waals surface area contributed by atoms with Crippen molar-refractivity contribution in [3.05, 3.63) is 87.1 Å². The molecule has 0 spiro atoms. The molecule has 0 aliphatic carbocycles. The number of aromatic nitrogens is 3.